The molecule has 14 heteroatoms. The summed E-state index contributed by atoms with van der Waals surface area (Å²) in [6.45, 7) is 9.61. The Hall–Kier alpha value is -4.14. The molecule has 3 aliphatic rings. The molecule has 1 aliphatic carbocycles. The standard InChI is InChI=1S/C35H46N6O7S.C8H18/c1-44-24-8-6-7-23(19-24)37-34-26-17-22-18-28(45-2)29(46-3)20-25(22)32(26)40-41(34)12-14-48-16-15-47-13-11-36-31(42)10-5-4-9-30-33-27(21-49-30)38-35(43)39-33;1-4-6-7-8(3)5-2/h6-8,18-20,27,30,33,37H,4-5,9-17,21H2,1-3H3,(H,36,42)(H2,38,39,43);8H,4-7H2,1-3H3. The third-order valence-electron chi connectivity index (χ3n) is 10.8. The lowest BCUT2D eigenvalue weighted by atomic mass is 10.0. The predicted octanol–water partition coefficient (Wildman–Crippen LogP) is 7.32. The van der Waals surface area contributed by atoms with Gasteiger partial charge >= 0.3 is 6.03 Å². The molecule has 0 spiro atoms. The average molecular weight is 809 g/mol. The van der Waals surface area contributed by atoms with Gasteiger partial charge in [0.2, 0.25) is 5.91 Å². The molecule has 13 nitrogen and oxygen atoms in total. The maximum absolute atomic E-state index is 12.2. The molecule has 2 fully saturated rings. The van der Waals surface area contributed by atoms with Crippen molar-refractivity contribution in [1.29, 1.82) is 0 Å². The van der Waals surface area contributed by atoms with Crippen LogP contribution in [0.2, 0.25) is 0 Å². The highest BCUT2D eigenvalue weighted by molar-refractivity contribution is 8.00. The first-order valence-electron chi connectivity index (χ1n) is 20.6. The number of hydrogen-bond acceptors (Lipinski definition) is 10. The summed E-state index contributed by atoms with van der Waals surface area (Å²) < 4.78 is 30.1. The topological polar surface area (TPSA) is 146 Å². The number of anilines is 2. The Balaban J connectivity index is 0.000000701. The number of carbonyl (C=O) groups excluding carboxylic acids is 2. The van der Waals surface area contributed by atoms with Gasteiger partial charge in [-0.3, -0.25) is 4.79 Å². The molecule has 2 aromatic carbocycles. The second-order valence-corrected chi connectivity index (χ2v) is 16.2. The van der Waals surface area contributed by atoms with Gasteiger partial charge in [-0.1, -0.05) is 58.9 Å². The lowest BCUT2D eigenvalue weighted by Crippen LogP contribution is -2.36. The molecule has 0 bridgehead atoms. The van der Waals surface area contributed by atoms with Crippen LogP contribution in [-0.4, -0.2) is 99.1 Å². The van der Waals surface area contributed by atoms with E-state index >= 15 is 0 Å². The van der Waals surface area contributed by atoms with Crippen LogP contribution in [0, 0.1) is 5.92 Å². The number of nitrogens with one attached hydrogen (secondary N) is 4. The zero-order valence-electron chi connectivity index (χ0n) is 34.7. The summed E-state index contributed by atoms with van der Waals surface area (Å²) in [5.74, 6) is 4.98. The SMILES string of the molecule is CCCCC(C)CC.COc1cccc(Nc2c3c(nn2CCOCCOCCNC(=O)CCCCC2SCC4NC(=O)NC42)-c2cc(OC)c(OC)cc2C3)c1. The van der Waals surface area contributed by atoms with Crippen molar-refractivity contribution in [2.75, 3.05) is 65.4 Å². The lowest BCUT2D eigenvalue weighted by Gasteiger charge is -2.16. The minimum atomic E-state index is -0.0612. The van der Waals surface area contributed by atoms with Crippen LogP contribution < -0.4 is 35.5 Å². The first-order valence-corrected chi connectivity index (χ1v) is 21.7. The summed E-state index contributed by atoms with van der Waals surface area (Å²) in [5.41, 5.74) is 5.07. The summed E-state index contributed by atoms with van der Waals surface area (Å²) in [7, 11) is 4.93. The number of benzene rings is 2. The number of amides is 3. The maximum atomic E-state index is 12.2. The van der Waals surface area contributed by atoms with Crippen LogP contribution in [0.15, 0.2) is 36.4 Å². The van der Waals surface area contributed by atoms with Crippen molar-refractivity contribution in [1.82, 2.24) is 25.7 Å². The number of nitrogens with zero attached hydrogens (tertiary/aromatic N) is 2. The lowest BCUT2D eigenvalue weighted by molar-refractivity contribution is -0.121. The van der Waals surface area contributed by atoms with E-state index in [1.54, 1.807) is 21.3 Å². The van der Waals surface area contributed by atoms with Crippen molar-refractivity contribution in [3.8, 4) is 28.5 Å². The van der Waals surface area contributed by atoms with Crippen LogP contribution in [0.25, 0.3) is 11.3 Å². The van der Waals surface area contributed by atoms with E-state index in [-0.39, 0.29) is 24.0 Å². The molecule has 3 amide bonds. The quantitative estimate of drug-likeness (QED) is 0.0444. The van der Waals surface area contributed by atoms with Crippen LogP contribution in [0.4, 0.5) is 16.3 Å². The largest absolute Gasteiger partial charge is 0.497 e. The molecule has 314 valence electrons. The number of fused-ring (bicyclic) bond motifs is 4. The Morgan fingerprint density at radius 1 is 0.982 bits per heavy atom. The number of ether oxygens (including phenoxy) is 5. The Morgan fingerprint density at radius 2 is 1.77 bits per heavy atom. The van der Waals surface area contributed by atoms with Crippen molar-refractivity contribution < 1.29 is 33.3 Å². The molecule has 6 rings (SSSR count). The van der Waals surface area contributed by atoms with Crippen molar-refractivity contribution in [2.24, 2.45) is 5.92 Å². The van der Waals surface area contributed by atoms with E-state index in [4.69, 9.17) is 28.8 Å². The van der Waals surface area contributed by atoms with E-state index in [2.05, 4.69) is 42.0 Å². The normalized spacial score (nSPS) is 18.0. The molecule has 0 radical (unpaired) electrons. The Labute approximate surface area is 343 Å². The van der Waals surface area contributed by atoms with Crippen LogP contribution >= 0.6 is 11.8 Å². The molecule has 3 heterocycles. The molecule has 2 aliphatic heterocycles. The van der Waals surface area contributed by atoms with E-state index in [1.807, 2.05) is 52.8 Å². The van der Waals surface area contributed by atoms with Gasteiger partial charge in [0.15, 0.2) is 11.5 Å². The van der Waals surface area contributed by atoms with Gasteiger partial charge in [-0.05, 0) is 48.6 Å². The third-order valence-corrected chi connectivity index (χ3v) is 12.3. The smallest absolute Gasteiger partial charge is 0.315 e. The molecule has 4 N–H and O–H groups in total. The molecule has 57 heavy (non-hydrogen) atoms. The highest BCUT2D eigenvalue weighted by Gasteiger charge is 2.42. The van der Waals surface area contributed by atoms with E-state index in [9.17, 15) is 9.59 Å². The zero-order chi connectivity index (χ0) is 40.6. The second-order valence-electron chi connectivity index (χ2n) is 14.9. The minimum Gasteiger partial charge on any atom is -0.497 e. The molecule has 2 saturated heterocycles. The van der Waals surface area contributed by atoms with Crippen LogP contribution in [0.3, 0.4) is 0 Å². The summed E-state index contributed by atoms with van der Waals surface area (Å²) in [4.78, 5) is 23.8. The van der Waals surface area contributed by atoms with Crippen LogP contribution in [0.5, 0.6) is 17.2 Å². The molecular weight excluding hydrogens is 745 g/mol. The number of methoxy groups -OCH3 is 3. The van der Waals surface area contributed by atoms with E-state index < -0.39 is 0 Å². The molecule has 4 unspecified atom stereocenters. The van der Waals surface area contributed by atoms with E-state index in [0.29, 0.717) is 69.1 Å². The summed E-state index contributed by atoms with van der Waals surface area (Å²) >= 11 is 1.90. The van der Waals surface area contributed by atoms with Gasteiger partial charge < -0.3 is 45.0 Å². The van der Waals surface area contributed by atoms with Gasteiger partial charge in [0.05, 0.1) is 72.1 Å². The number of urea groups is 1. The van der Waals surface area contributed by atoms with Gasteiger partial charge in [0.1, 0.15) is 11.6 Å². The second kappa shape index (κ2) is 22.7. The zero-order valence-corrected chi connectivity index (χ0v) is 35.6. The van der Waals surface area contributed by atoms with Crippen molar-refractivity contribution in [2.45, 2.75) is 102 Å². The minimum absolute atomic E-state index is 0.0392. The summed E-state index contributed by atoms with van der Waals surface area (Å²) in [5, 5.41) is 17.9. The van der Waals surface area contributed by atoms with Gasteiger partial charge in [0.25, 0.3) is 0 Å². The number of aromatic nitrogens is 2. The predicted molar refractivity (Wildman–Crippen MR) is 227 cm³/mol. The maximum Gasteiger partial charge on any atom is 0.315 e. The van der Waals surface area contributed by atoms with Gasteiger partial charge in [-0.2, -0.15) is 16.9 Å². The number of carbonyl (C=O) groups is 2. The van der Waals surface area contributed by atoms with Crippen molar-refractivity contribution in [3.05, 3.63) is 47.5 Å². The monoisotopic (exact) mass is 808 g/mol. The fourth-order valence-corrected chi connectivity index (χ4v) is 8.90. The molecule has 4 atom stereocenters. The first kappa shape index (κ1) is 44.0. The van der Waals surface area contributed by atoms with Gasteiger partial charge in [-0.25, -0.2) is 9.48 Å². The number of thioether (sulfide) groups is 1. The van der Waals surface area contributed by atoms with Crippen LogP contribution in [0.1, 0.15) is 83.3 Å². The summed E-state index contributed by atoms with van der Waals surface area (Å²) in [6, 6.07) is 12.2. The molecule has 1 aromatic heterocycles. The molecular formula is C43H64N6O7S. The first-order chi connectivity index (χ1) is 27.8. The van der Waals surface area contributed by atoms with Crippen molar-refractivity contribution >= 4 is 35.2 Å². The van der Waals surface area contributed by atoms with Crippen LogP contribution in [-0.2, 0) is 27.2 Å². The Kier molecular flexibility index (Phi) is 17.5. The number of hydrogen-bond donors (Lipinski definition) is 4. The Bertz CT molecular complexity index is 1740. The van der Waals surface area contributed by atoms with E-state index in [1.165, 1.54) is 25.7 Å². The highest BCUT2D eigenvalue weighted by atomic mass is 32.2. The van der Waals surface area contributed by atoms with Crippen molar-refractivity contribution in [3.63, 3.8) is 0 Å². The fourth-order valence-electron chi connectivity index (χ4n) is 7.36. The highest BCUT2D eigenvalue weighted by Crippen LogP contribution is 2.45. The molecule has 3 aromatic rings. The number of unbranched alkanes of at least 4 members (excludes halogenated alkanes) is 2. The Morgan fingerprint density at radius 3 is 2.53 bits per heavy atom. The fraction of sp³-hybridized carbons (Fsp3) is 0.605. The molecule has 0 saturated carbocycles. The summed E-state index contributed by atoms with van der Waals surface area (Å²) in [6.07, 6.45) is 9.55. The van der Waals surface area contributed by atoms with Gasteiger partial charge in [-0.15, -0.1) is 0 Å². The average Bonchev–Trinajstić information content (AvgIpc) is 3.97. The number of rotatable bonds is 23. The van der Waals surface area contributed by atoms with Gasteiger partial charge in [0, 0.05) is 53.3 Å². The third kappa shape index (κ3) is 12.4. The van der Waals surface area contributed by atoms with E-state index in [0.717, 1.165) is 70.6 Å².